The quantitative estimate of drug-likeness (QED) is 0.114. The first-order valence-corrected chi connectivity index (χ1v) is 19.4. The van der Waals surface area contributed by atoms with Crippen molar-refractivity contribution in [2.24, 2.45) is 0 Å². The molecule has 0 saturated carbocycles. The Labute approximate surface area is 321 Å². The third kappa shape index (κ3) is 8.55. The van der Waals surface area contributed by atoms with Crippen LogP contribution in [0.1, 0.15) is 83.2 Å². The number of β-lactam (4-membered cyclic amide) rings is 1. The van der Waals surface area contributed by atoms with Crippen LogP contribution in [0.3, 0.4) is 0 Å². The first-order chi connectivity index (χ1) is 25.8. The highest BCUT2D eigenvalue weighted by Crippen LogP contribution is 2.43. The molecule has 0 aliphatic carbocycles. The molecule has 1 saturated heterocycles. The Balaban J connectivity index is 1.15. The average Bonchev–Trinajstić information content (AvgIpc) is 3.60. The Hall–Kier alpha value is -5.34. The molecule has 0 radical (unpaired) electrons. The Morgan fingerprint density at radius 1 is 0.963 bits per heavy atom. The fourth-order valence-corrected chi connectivity index (χ4v) is 8.49. The maximum atomic E-state index is 14.0. The van der Waals surface area contributed by atoms with Gasteiger partial charge in [0.25, 0.3) is 11.8 Å². The third-order valence-electron chi connectivity index (χ3n) is 9.19. The molecule has 54 heavy (non-hydrogen) atoms. The van der Waals surface area contributed by atoms with Crippen molar-refractivity contribution in [3.8, 4) is 0 Å². The molecule has 0 spiro atoms. The number of rotatable bonds is 13. The highest BCUT2D eigenvalue weighted by atomic mass is 32.2. The smallest absolute Gasteiger partial charge is 0.353 e. The van der Waals surface area contributed by atoms with E-state index in [4.69, 9.17) is 4.74 Å². The van der Waals surface area contributed by atoms with Gasteiger partial charge in [-0.3, -0.25) is 19.3 Å². The number of amides is 3. The number of nitrogens with zero attached hydrogens (tertiary/aromatic N) is 3. The van der Waals surface area contributed by atoms with Gasteiger partial charge in [-0.05, 0) is 54.0 Å². The summed E-state index contributed by atoms with van der Waals surface area (Å²) in [4.78, 5) is 67.5. The number of esters is 1. The number of ether oxygens (including phenoxy) is 1. The van der Waals surface area contributed by atoms with Gasteiger partial charge in [-0.15, -0.1) is 22.0 Å². The SMILES string of the molecule is Cc1nnc(C2=C(C(=O)O)N3C(=O)C(NC(=O)CCCC(NC(=O)c4cccc(C(C)(C)C)c4)C(=O)OC(c4ccccc4)c4ccccc4)[C@@H]3SC2)s1. The van der Waals surface area contributed by atoms with E-state index in [1.165, 1.54) is 28.0 Å². The molecule has 3 N–H and O–H groups in total. The fourth-order valence-electron chi connectivity index (χ4n) is 6.31. The lowest BCUT2D eigenvalue weighted by molar-refractivity contribution is -0.150. The van der Waals surface area contributed by atoms with E-state index in [0.29, 0.717) is 21.2 Å². The van der Waals surface area contributed by atoms with Crippen LogP contribution in [0.15, 0.2) is 90.6 Å². The minimum Gasteiger partial charge on any atom is -0.477 e. The van der Waals surface area contributed by atoms with Gasteiger partial charge in [0.15, 0.2) is 6.10 Å². The molecule has 2 aliphatic heterocycles. The number of nitrogens with one attached hydrogen (secondary N) is 2. The number of carboxylic acid groups (broad SMARTS) is 1. The van der Waals surface area contributed by atoms with Crippen molar-refractivity contribution in [1.82, 2.24) is 25.7 Å². The molecule has 1 fully saturated rings. The molecule has 12 nitrogen and oxygen atoms in total. The van der Waals surface area contributed by atoms with E-state index >= 15 is 0 Å². The zero-order valence-corrected chi connectivity index (χ0v) is 31.9. The summed E-state index contributed by atoms with van der Waals surface area (Å²) < 4.78 is 6.13. The van der Waals surface area contributed by atoms with Crippen LogP contribution in [0.25, 0.3) is 5.57 Å². The van der Waals surface area contributed by atoms with Gasteiger partial charge in [0.05, 0.1) is 0 Å². The van der Waals surface area contributed by atoms with Gasteiger partial charge in [-0.1, -0.05) is 105 Å². The van der Waals surface area contributed by atoms with Crippen molar-refractivity contribution in [1.29, 1.82) is 0 Å². The number of benzene rings is 3. The molecule has 2 aliphatic rings. The van der Waals surface area contributed by atoms with Crippen molar-refractivity contribution >= 4 is 58.3 Å². The normalized spacial score (nSPS) is 17.4. The van der Waals surface area contributed by atoms with Gasteiger partial charge < -0.3 is 20.5 Å². The predicted molar refractivity (Wildman–Crippen MR) is 205 cm³/mol. The summed E-state index contributed by atoms with van der Waals surface area (Å²) in [5, 5.41) is 24.2. The lowest BCUT2D eigenvalue weighted by Crippen LogP contribution is -2.70. The number of carbonyl (C=O) groups is 5. The minimum atomic E-state index is -1.26. The number of hydrogen-bond acceptors (Lipinski definition) is 10. The molecule has 14 heteroatoms. The fraction of sp³-hybridized carbons (Fsp3) is 0.325. The van der Waals surface area contributed by atoms with Crippen LogP contribution in [0.2, 0.25) is 0 Å². The highest BCUT2D eigenvalue weighted by molar-refractivity contribution is 8.00. The minimum absolute atomic E-state index is 0.0575. The Morgan fingerprint density at radius 2 is 1.63 bits per heavy atom. The van der Waals surface area contributed by atoms with Gasteiger partial charge in [-0.2, -0.15) is 0 Å². The van der Waals surface area contributed by atoms with Crippen molar-refractivity contribution in [3.63, 3.8) is 0 Å². The molecule has 1 aromatic heterocycles. The van der Waals surface area contributed by atoms with E-state index in [-0.39, 0.29) is 36.1 Å². The topological polar surface area (TPSA) is 168 Å². The maximum absolute atomic E-state index is 14.0. The van der Waals surface area contributed by atoms with Crippen molar-refractivity contribution < 1.29 is 33.8 Å². The van der Waals surface area contributed by atoms with Gasteiger partial charge in [0.2, 0.25) is 5.91 Å². The number of carboxylic acids is 1. The lowest BCUT2D eigenvalue weighted by atomic mass is 9.86. The average molecular weight is 768 g/mol. The molecule has 3 aromatic carbocycles. The van der Waals surface area contributed by atoms with Gasteiger partial charge in [-0.25, -0.2) is 9.59 Å². The second kappa shape index (κ2) is 16.4. The van der Waals surface area contributed by atoms with E-state index in [1.54, 1.807) is 25.1 Å². The second-order valence-electron chi connectivity index (χ2n) is 14.1. The van der Waals surface area contributed by atoms with E-state index in [9.17, 15) is 29.1 Å². The third-order valence-corrected chi connectivity index (χ3v) is 11.4. The number of thioether (sulfide) groups is 1. The van der Waals surface area contributed by atoms with Crippen molar-refractivity contribution in [2.45, 2.75) is 75.9 Å². The summed E-state index contributed by atoms with van der Waals surface area (Å²) in [6.45, 7) is 7.90. The molecule has 6 rings (SSSR count). The highest BCUT2D eigenvalue weighted by Gasteiger charge is 2.54. The number of carbonyl (C=O) groups excluding carboxylic acids is 4. The number of fused-ring (bicyclic) bond motifs is 1. The summed E-state index contributed by atoms with van der Waals surface area (Å²) in [5.74, 6) is -3.06. The van der Waals surface area contributed by atoms with Crippen LogP contribution in [0, 0.1) is 6.92 Å². The summed E-state index contributed by atoms with van der Waals surface area (Å²) >= 11 is 2.59. The van der Waals surface area contributed by atoms with E-state index in [2.05, 4.69) is 20.8 Å². The lowest BCUT2D eigenvalue weighted by Gasteiger charge is -2.49. The number of aryl methyl sites for hydroxylation is 1. The zero-order chi connectivity index (χ0) is 38.6. The van der Waals surface area contributed by atoms with Crippen molar-refractivity contribution in [2.75, 3.05) is 5.75 Å². The van der Waals surface area contributed by atoms with E-state index in [1.807, 2.05) is 87.5 Å². The van der Waals surface area contributed by atoms with Gasteiger partial charge in [0.1, 0.15) is 33.2 Å². The summed E-state index contributed by atoms with van der Waals surface area (Å²) in [7, 11) is 0. The van der Waals surface area contributed by atoms with E-state index in [0.717, 1.165) is 16.7 Å². The maximum Gasteiger partial charge on any atom is 0.353 e. The molecular formula is C40H41N5O7S2. The standard InChI is InChI=1S/C40H41N5O7S2/c1-23-43-44-35(54-23)28-22-53-37-31(36(48)45(37)32(28)38(49)50)42-30(46)20-12-19-29(41-34(47)26-17-11-18-27(21-26)40(2,3)4)39(51)52-33(24-13-7-5-8-14-24)25-15-9-6-10-16-25/h5-11,13-18,21,29,31,33,37H,12,19-20,22H2,1-4H3,(H,41,47)(H,42,46)(H,49,50)/t29?,31?,37-/m0/s1. The molecule has 3 amide bonds. The molecule has 2 unspecified atom stereocenters. The summed E-state index contributed by atoms with van der Waals surface area (Å²) in [6.07, 6.45) is -0.544. The Kier molecular flexibility index (Phi) is 11.6. The van der Waals surface area contributed by atoms with Crippen LogP contribution in [0.4, 0.5) is 0 Å². The molecule has 3 heterocycles. The van der Waals surface area contributed by atoms with Crippen LogP contribution in [-0.2, 0) is 29.3 Å². The van der Waals surface area contributed by atoms with Crippen molar-refractivity contribution in [3.05, 3.63) is 123 Å². The molecule has 4 aromatic rings. The van der Waals surface area contributed by atoms with Crippen LogP contribution in [-0.4, -0.2) is 73.1 Å². The largest absolute Gasteiger partial charge is 0.477 e. The monoisotopic (exact) mass is 767 g/mol. The molecule has 3 atom stereocenters. The predicted octanol–water partition coefficient (Wildman–Crippen LogP) is 5.64. The van der Waals surface area contributed by atoms with Gasteiger partial charge >= 0.3 is 11.9 Å². The number of hydrogen-bond donors (Lipinski definition) is 3. The summed E-state index contributed by atoms with van der Waals surface area (Å²) in [5.41, 5.74) is 2.91. The summed E-state index contributed by atoms with van der Waals surface area (Å²) in [6, 6.07) is 23.8. The Morgan fingerprint density at radius 3 is 2.22 bits per heavy atom. The molecule has 280 valence electrons. The molecular weight excluding hydrogens is 727 g/mol. The van der Waals surface area contributed by atoms with Crippen LogP contribution < -0.4 is 10.6 Å². The Bertz CT molecular complexity index is 2040. The first-order valence-electron chi connectivity index (χ1n) is 17.5. The molecule has 0 bridgehead atoms. The second-order valence-corrected chi connectivity index (χ2v) is 16.4. The number of aromatic nitrogens is 2. The van der Waals surface area contributed by atoms with Gasteiger partial charge in [0, 0.05) is 23.3 Å². The first kappa shape index (κ1) is 38.4. The van der Waals surface area contributed by atoms with Crippen LogP contribution >= 0.6 is 23.1 Å². The number of aliphatic carboxylic acids is 1. The zero-order valence-electron chi connectivity index (χ0n) is 30.3. The van der Waals surface area contributed by atoms with E-state index < -0.39 is 53.2 Å². The van der Waals surface area contributed by atoms with Crippen LogP contribution in [0.5, 0.6) is 0 Å².